The average molecular weight is 263 g/mol. The van der Waals surface area contributed by atoms with Crippen molar-refractivity contribution in [2.45, 2.75) is 22.9 Å². The van der Waals surface area contributed by atoms with Crippen LogP contribution < -0.4 is 0 Å². The van der Waals surface area contributed by atoms with E-state index < -0.39 is 11.7 Å². The molecule has 0 saturated carbocycles. The van der Waals surface area contributed by atoms with Crippen molar-refractivity contribution in [3.8, 4) is 0 Å². The molecule has 1 atom stereocenters. The van der Waals surface area contributed by atoms with Gasteiger partial charge in [-0.1, -0.05) is 11.8 Å². The number of aromatic nitrogens is 1. The van der Waals surface area contributed by atoms with Gasteiger partial charge in [0.2, 0.25) is 0 Å². The van der Waals surface area contributed by atoms with Gasteiger partial charge in [-0.2, -0.15) is 13.2 Å². The van der Waals surface area contributed by atoms with E-state index in [2.05, 4.69) is 4.98 Å². The highest BCUT2D eigenvalue weighted by Crippen LogP contribution is 2.32. The average Bonchev–Trinajstić information content (AvgIpc) is 2.64. The van der Waals surface area contributed by atoms with Crippen LogP contribution in [-0.2, 0) is 15.7 Å². The van der Waals surface area contributed by atoms with Crippen molar-refractivity contribution in [2.75, 3.05) is 6.61 Å². The highest BCUT2D eigenvalue weighted by atomic mass is 32.2. The molecular formula is C10H8F3NO2S. The SMILES string of the molecule is O=C1OCCC1Sc1ccc(C(F)(F)F)cn1. The second kappa shape index (κ2) is 4.56. The van der Waals surface area contributed by atoms with Crippen LogP contribution in [0.25, 0.3) is 0 Å². The van der Waals surface area contributed by atoms with Gasteiger partial charge in [0.25, 0.3) is 0 Å². The lowest BCUT2D eigenvalue weighted by Gasteiger charge is -2.07. The normalized spacial score (nSPS) is 20.4. The Kier molecular flexibility index (Phi) is 3.28. The van der Waals surface area contributed by atoms with Crippen LogP contribution in [0.5, 0.6) is 0 Å². The predicted molar refractivity (Wildman–Crippen MR) is 54.5 cm³/mol. The summed E-state index contributed by atoms with van der Waals surface area (Å²) < 4.78 is 41.5. The number of thioether (sulfide) groups is 1. The summed E-state index contributed by atoms with van der Waals surface area (Å²) in [6.07, 6.45) is -3.06. The van der Waals surface area contributed by atoms with E-state index in [-0.39, 0.29) is 11.2 Å². The number of alkyl halides is 3. The minimum Gasteiger partial charge on any atom is -0.465 e. The van der Waals surface area contributed by atoms with Gasteiger partial charge >= 0.3 is 12.1 Å². The molecule has 2 heterocycles. The number of ether oxygens (including phenoxy) is 1. The van der Waals surface area contributed by atoms with E-state index in [0.29, 0.717) is 18.1 Å². The van der Waals surface area contributed by atoms with Crippen molar-refractivity contribution in [3.63, 3.8) is 0 Å². The molecule has 92 valence electrons. The molecule has 0 N–H and O–H groups in total. The van der Waals surface area contributed by atoms with E-state index in [1.165, 1.54) is 6.07 Å². The topological polar surface area (TPSA) is 39.2 Å². The number of rotatable bonds is 2. The second-order valence-corrected chi connectivity index (χ2v) is 4.67. The minimum absolute atomic E-state index is 0.336. The molecule has 0 amide bonds. The van der Waals surface area contributed by atoms with Crippen molar-refractivity contribution >= 4 is 17.7 Å². The van der Waals surface area contributed by atoms with Crippen LogP contribution in [0.3, 0.4) is 0 Å². The Hall–Kier alpha value is -1.24. The Balaban J connectivity index is 2.06. The summed E-state index contributed by atoms with van der Waals surface area (Å²) in [5.41, 5.74) is -0.796. The summed E-state index contributed by atoms with van der Waals surface area (Å²) in [6, 6.07) is 2.22. The van der Waals surface area contributed by atoms with Crippen molar-refractivity contribution in [1.29, 1.82) is 0 Å². The molecule has 2 rings (SSSR count). The van der Waals surface area contributed by atoms with E-state index in [1.807, 2.05) is 0 Å². The fourth-order valence-electron chi connectivity index (χ4n) is 1.35. The highest BCUT2D eigenvalue weighted by molar-refractivity contribution is 8.00. The lowest BCUT2D eigenvalue weighted by Crippen LogP contribution is -2.10. The number of esters is 1. The second-order valence-electron chi connectivity index (χ2n) is 3.45. The first-order valence-corrected chi connectivity index (χ1v) is 5.71. The van der Waals surface area contributed by atoms with Crippen molar-refractivity contribution in [2.24, 2.45) is 0 Å². The maximum absolute atomic E-state index is 12.3. The molecule has 0 bridgehead atoms. The summed E-state index contributed by atoms with van der Waals surface area (Å²) >= 11 is 1.13. The molecule has 0 aromatic carbocycles. The summed E-state index contributed by atoms with van der Waals surface area (Å²) in [5, 5.41) is 0.0288. The quantitative estimate of drug-likeness (QED) is 0.768. The van der Waals surface area contributed by atoms with Gasteiger partial charge in [-0.05, 0) is 12.1 Å². The van der Waals surface area contributed by atoms with Crippen molar-refractivity contribution in [3.05, 3.63) is 23.9 Å². The third kappa shape index (κ3) is 2.91. The van der Waals surface area contributed by atoms with Crippen LogP contribution in [0.1, 0.15) is 12.0 Å². The molecule has 17 heavy (non-hydrogen) atoms. The van der Waals surface area contributed by atoms with Crippen LogP contribution >= 0.6 is 11.8 Å². The summed E-state index contributed by atoms with van der Waals surface area (Å²) in [7, 11) is 0. The van der Waals surface area contributed by atoms with Crippen LogP contribution in [0.4, 0.5) is 13.2 Å². The fourth-order valence-corrected chi connectivity index (χ4v) is 2.28. The summed E-state index contributed by atoms with van der Waals surface area (Å²) in [5.74, 6) is -0.336. The number of hydrogen-bond donors (Lipinski definition) is 0. The highest BCUT2D eigenvalue weighted by Gasteiger charge is 2.31. The number of carbonyl (C=O) groups excluding carboxylic acids is 1. The maximum Gasteiger partial charge on any atom is 0.417 e. The van der Waals surface area contributed by atoms with E-state index >= 15 is 0 Å². The Bertz CT molecular complexity index is 419. The Labute approximate surface area is 99.4 Å². The molecule has 7 heteroatoms. The number of nitrogens with zero attached hydrogens (tertiary/aromatic N) is 1. The maximum atomic E-state index is 12.3. The van der Waals surface area contributed by atoms with Gasteiger partial charge < -0.3 is 4.74 Å². The lowest BCUT2D eigenvalue weighted by molar-refractivity contribution is -0.138. The van der Waals surface area contributed by atoms with Crippen molar-refractivity contribution in [1.82, 2.24) is 4.98 Å². The number of halogens is 3. The zero-order valence-electron chi connectivity index (χ0n) is 8.53. The van der Waals surface area contributed by atoms with E-state index in [0.717, 1.165) is 24.0 Å². The van der Waals surface area contributed by atoms with Crippen LogP contribution in [0, 0.1) is 0 Å². The number of carbonyl (C=O) groups is 1. The van der Waals surface area contributed by atoms with Gasteiger partial charge in [-0.3, -0.25) is 4.79 Å². The minimum atomic E-state index is -4.39. The molecule has 1 unspecified atom stereocenters. The van der Waals surface area contributed by atoms with Crippen LogP contribution in [0.2, 0.25) is 0 Å². The standard InChI is InChI=1S/C10H8F3NO2S/c11-10(12,13)6-1-2-8(14-5-6)17-7-3-4-16-9(7)15/h1-2,5,7H,3-4H2. The van der Waals surface area contributed by atoms with E-state index in [1.54, 1.807) is 0 Å². The van der Waals surface area contributed by atoms with Crippen LogP contribution in [0.15, 0.2) is 23.4 Å². The first-order valence-electron chi connectivity index (χ1n) is 4.83. The predicted octanol–water partition coefficient (Wildman–Crippen LogP) is 2.51. The first kappa shape index (κ1) is 12.2. The van der Waals surface area contributed by atoms with Crippen LogP contribution in [-0.4, -0.2) is 22.8 Å². The van der Waals surface area contributed by atoms with Gasteiger partial charge in [-0.25, -0.2) is 4.98 Å². The smallest absolute Gasteiger partial charge is 0.417 e. The number of hydrogen-bond acceptors (Lipinski definition) is 4. The Morgan fingerprint density at radius 2 is 2.18 bits per heavy atom. The molecule has 1 saturated heterocycles. The molecular weight excluding hydrogens is 255 g/mol. The molecule has 1 aliphatic heterocycles. The molecule has 1 fully saturated rings. The van der Waals surface area contributed by atoms with Gasteiger partial charge in [0.15, 0.2) is 0 Å². The molecule has 1 aromatic rings. The molecule has 0 radical (unpaired) electrons. The van der Waals surface area contributed by atoms with Gasteiger partial charge in [0, 0.05) is 12.6 Å². The summed E-state index contributed by atoms with van der Waals surface area (Å²) in [6.45, 7) is 0.358. The van der Waals surface area contributed by atoms with Gasteiger partial charge in [0.05, 0.1) is 17.2 Å². The molecule has 0 aliphatic carbocycles. The number of cyclic esters (lactones) is 1. The lowest BCUT2D eigenvalue weighted by atomic mass is 10.3. The number of pyridine rings is 1. The zero-order chi connectivity index (χ0) is 12.5. The monoisotopic (exact) mass is 263 g/mol. The summed E-state index contributed by atoms with van der Waals surface area (Å²) in [4.78, 5) is 14.8. The van der Waals surface area contributed by atoms with E-state index in [9.17, 15) is 18.0 Å². The Morgan fingerprint density at radius 1 is 1.41 bits per heavy atom. The molecule has 1 aromatic heterocycles. The molecule has 1 aliphatic rings. The van der Waals surface area contributed by atoms with Crippen molar-refractivity contribution < 1.29 is 22.7 Å². The third-order valence-corrected chi connectivity index (χ3v) is 3.41. The fraction of sp³-hybridized carbons (Fsp3) is 0.400. The van der Waals surface area contributed by atoms with Gasteiger partial charge in [-0.15, -0.1) is 0 Å². The zero-order valence-corrected chi connectivity index (χ0v) is 9.35. The Morgan fingerprint density at radius 3 is 2.65 bits per heavy atom. The van der Waals surface area contributed by atoms with E-state index in [4.69, 9.17) is 4.74 Å². The van der Waals surface area contributed by atoms with Gasteiger partial charge in [0.1, 0.15) is 5.25 Å². The third-order valence-electron chi connectivity index (χ3n) is 2.21. The molecule has 0 spiro atoms. The molecule has 3 nitrogen and oxygen atoms in total. The largest absolute Gasteiger partial charge is 0.465 e. The first-order chi connectivity index (χ1) is 7.97.